The quantitative estimate of drug-likeness (QED) is 0.362. The highest BCUT2D eigenvalue weighted by molar-refractivity contribution is 6.35. The molecule has 0 bridgehead atoms. The lowest BCUT2D eigenvalue weighted by molar-refractivity contribution is 0.628. The van der Waals surface area contributed by atoms with E-state index in [1.807, 2.05) is 38.1 Å². The Morgan fingerprint density at radius 1 is 1.03 bits per heavy atom. The maximum absolute atomic E-state index is 13.9. The molecule has 0 spiro atoms. The topological polar surface area (TPSA) is 79.4 Å². The number of H-pyrrole nitrogens is 1. The molecule has 0 aliphatic carbocycles. The Morgan fingerprint density at radius 2 is 1.87 bits per heavy atom. The van der Waals surface area contributed by atoms with E-state index in [0.717, 1.165) is 16.5 Å². The van der Waals surface area contributed by atoms with Gasteiger partial charge < -0.3 is 10.3 Å². The Balaban J connectivity index is 0.00000112. The SMILES string of the molecule is CC.Fc1cccc(-c2nc3c(Cl)cccc3cc2CNc2ncnc3nc[nH]c23)c1. The van der Waals surface area contributed by atoms with Gasteiger partial charge in [-0.25, -0.2) is 24.3 Å². The van der Waals surface area contributed by atoms with E-state index < -0.39 is 0 Å². The Bertz CT molecular complexity index is 1350. The van der Waals surface area contributed by atoms with Crippen LogP contribution < -0.4 is 5.32 Å². The zero-order valence-electron chi connectivity index (χ0n) is 17.0. The minimum atomic E-state index is -0.322. The number of nitrogens with one attached hydrogen (secondary N) is 2. The first-order valence-electron chi connectivity index (χ1n) is 9.91. The van der Waals surface area contributed by atoms with Crippen molar-refractivity contribution >= 4 is 39.5 Å². The molecule has 0 saturated heterocycles. The number of imidazole rings is 1. The molecule has 5 aromatic rings. The van der Waals surface area contributed by atoms with Crippen LogP contribution in [0.25, 0.3) is 33.3 Å². The van der Waals surface area contributed by atoms with Crippen LogP contribution in [-0.2, 0) is 6.54 Å². The van der Waals surface area contributed by atoms with Gasteiger partial charge in [0.05, 0.1) is 22.6 Å². The maximum Gasteiger partial charge on any atom is 0.182 e. The van der Waals surface area contributed by atoms with Gasteiger partial charge in [-0.15, -0.1) is 0 Å². The summed E-state index contributed by atoms with van der Waals surface area (Å²) in [6.45, 7) is 4.42. The molecule has 0 aliphatic rings. The Morgan fingerprint density at radius 3 is 2.71 bits per heavy atom. The number of nitrogens with zero attached hydrogens (tertiary/aromatic N) is 4. The van der Waals surface area contributed by atoms with Crippen molar-refractivity contribution in [1.29, 1.82) is 0 Å². The van der Waals surface area contributed by atoms with Crippen molar-refractivity contribution in [2.45, 2.75) is 20.4 Å². The van der Waals surface area contributed by atoms with Gasteiger partial charge in [-0.2, -0.15) is 0 Å². The van der Waals surface area contributed by atoms with Crippen molar-refractivity contribution < 1.29 is 4.39 Å². The predicted octanol–water partition coefficient (Wildman–Crippen LogP) is 6.00. The zero-order chi connectivity index (χ0) is 21.8. The van der Waals surface area contributed by atoms with Crippen LogP contribution in [0.1, 0.15) is 19.4 Å². The second-order valence-electron chi connectivity index (χ2n) is 6.49. The minimum Gasteiger partial charge on any atom is -0.364 e. The summed E-state index contributed by atoms with van der Waals surface area (Å²) in [5.74, 6) is 0.307. The molecule has 0 atom stereocenters. The average molecular weight is 435 g/mol. The summed E-state index contributed by atoms with van der Waals surface area (Å²) in [5.41, 5.74) is 4.20. The highest BCUT2D eigenvalue weighted by Gasteiger charge is 2.13. The van der Waals surface area contributed by atoms with Crippen LogP contribution in [0, 0.1) is 5.82 Å². The van der Waals surface area contributed by atoms with E-state index in [4.69, 9.17) is 16.6 Å². The molecule has 0 radical (unpaired) electrons. The molecule has 3 aromatic heterocycles. The van der Waals surface area contributed by atoms with E-state index >= 15 is 0 Å². The third-order valence-electron chi connectivity index (χ3n) is 4.64. The molecule has 0 saturated carbocycles. The number of rotatable bonds is 4. The highest BCUT2D eigenvalue weighted by atomic mass is 35.5. The van der Waals surface area contributed by atoms with E-state index in [9.17, 15) is 4.39 Å². The standard InChI is InChI=1S/C21H14ClFN6.C2H6/c22-16-6-2-4-12-7-14(9-24-20-19-21(26-10-25-19)28-11-27-20)17(29-18(12)16)13-3-1-5-15(23)8-13;1-2/h1-8,10-11H,9H2,(H2,24,25,26,27,28);1-2H3. The number of para-hydroxylation sites is 1. The minimum absolute atomic E-state index is 0.322. The smallest absolute Gasteiger partial charge is 0.182 e. The van der Waals surface area contributed by atoms with Gasteiger partial charge in [-0.1, -0.05) is 49.7 Å². The van der Waals surface area contributed by atoms with Crippen LogP contribution in [0.4, 0.5) is 10.2 Å². The van der Waals surface area contributed by atoms with Crippen molar-refractivity contribution in [2.75, 3.05) is 5.32 Å². The highest BCUT2D eigenvalue weighted by Crippen LogP contribution is 2.30. The van der Waals surface area contributed by atoms with Crippen LogP contribution in [0.5, 0.6) is 0 Å². The first-order chi connectivity index (χ1) is 15.2. The van der Waals surface area contributed by atoms with Gasteiger partial charge in [0.15, 0.2) is 11.5 Å². The average Bonchev–Trinajstić information content (AvgIpc) is 3.28. The Kier molecular flexibility index (Phi) is 6.04. The van der Waals surface area contributed by atoms with E-state index in [-0.39, 0.29) is 5.82 Å². The predicted molar refractivity (Wildman–Crippen MR) is 123 cm³/mol. The van der Waals surface area contributed by atoms with Crippen molar-refractivity contribution in [3.63, 3.8) is 0 Å². The van der Waals surface area contributed by atoms with Gasteiger partial charge in [-0.3, -0.25) is 0 Å². The Hall–Kier alpha value is -3.58. The maximum atomic E-state index is 13.9. The van der Waals surface area contributed by atoms with Crippen LogP contribution in [0.2, 0.25) is 5.02 Å². The largest absolute Gasteiger partial charge is 0.364 e. The van der Waals surface area contributed by atoms with Crippen molar-refractivity contribution in [1.82, 2.24) is 24.9 Å². The first kappa shape index (κ1) is 20.7. The monoisotopic (exact) mass is 434 g/mol. The number of hydrogen-bond donors (Lipinski definition) is 2. The number of aromatic nitrogens is 5. The van der Waals surface area contributed by atoms with Gasteiger partial charge in [0.1, 0.15) is 17.7 Å². The molecular formula is C23H20ClFN6. The fourth-order valence-electron chi connectivity index (χ4n) is 3.30. The molecule has 8 heteroatoms. The molecule has 5 rings (SSSR count). The lowest BCUT2D eigenvalue weighted by Crippen LogP contribution is -2.05. The number of aromatic amines is 1. The zero-order valence-corrected chi connectivity index (χ0v) is 17.8. The van der Waals surface area contributed by atoms with E-state index in [2.05, 4.69) is 25.3 Å². The summed E-state index contributed by atoms with van der Waals surface area (Å²) in [7, 11) is 0. The normalized spacial score (nSPS) is 10.7. The summed E-state index contributed by atoms with van der Waals surface area (Å²) in [6.07, 6.45) is 3.03. The van der Waals surface area contributed by atoms with Crippen LogP contribution >= 0.6 is 11.6 Å². The number of benzene rings is 2. The number of anilines is 1. The van der Waals surface area contributed by atoms with E-state index in [1.54, 1.807) is 18.5 Å². The van der Waals surface area contributed by atoms with Crippen LogP contribution in [-0.4, -0.2) is 24.9 Å². The van der Waals surface area contributed by atoms with Crippen LogP contribution in [0.15, 0.2) is 61.2 Å². The van der Waals surface area contributed by atoms with Crippen molar-refractivity contribution in [3.05, 3.63) is 77.6 Å². The third kappa shape index (κ3) is 4.18. The summed E-state index contributed by atoms with van der Waals surface area (Å²) in [4.78, 5) is 20.3. The lowest BCUT2D eigenvalue weighted by atomic mass is 10.0. The molecule has 2 aromatic carbocycles. The molecule has 6 nitrogen and oxygen atoms in total. The Labute approximate surface area is 183 Å². The van der Waals surface area contributed by atoms with Crippen molar-refractivity contribution in [2.24, 2.45) is 0 Å². The van der Waals surface area contributed by atoms with Gasteiger partial charge in [0, 0.05) is 17.5 Å². The molecule has 31 heavy (non-hydrogen) atoms. The number of fused-ring (bicyclic) bond motifs is 2. The molecule has 0 amide bonds. The number of halogens is 2. The lowest BCUT2D eigenvalue weighted by Gasteiger charge is -2.13. The molecule has 0 fully saturated rings. The van der Waals surface area contributed by atoms with Gasteiger partial charge in [0.2, 0.25) is 0 Å². The second kappa shape index (κ2) is 9.06. The molecule has 2 N–H and O–H groups in total. The van der Waals surface area contributed by atoms with Gasteiger partial charge in [0.25, 0.3) is 0 Å². The number of hydrogen-bond acceptors (Lipinski definition) is 5. The summed E-state index contributed by atoms with van der Waals surface area (Å²) in [6, 6.07) is 14.0. The summed E-state index contributed by atoms with van der Waals surface area (Å²) < 4.78 is 13.9. The molecular weight excluding hydrogens is 415 g/mol. The molecule has 0 unspecified atom stereocenters. The molecule has 156 valence electrons. The molecule has 3 heterocycles. The molecule has 0 aliphatic heterocycles. The summed E-state index contributed by atoms with van der Waals surface area (Å²) in [5, 5.41) is 4.76. The second-order valence-corrected chi connectivity index (χ2v) is 6.90. The van der Waals surface area contributed by atoms with Gasteiger partial charge in [-0.05, 0) is 29.8 Å². The van der Waals surface area contributed by atoms with Gasteiger partial charge >= 0.3 is 0 Å². The fraction of sp³-hybridized carbons (Fsp3) is 0.130. The number of pyridine rings is 1. The fourth-order valence-corrected chi connectivity index (χ4v) is 3.53. The third-order valence-corrected chi connectivity index (χ3v) is 4.95. The van der Waals surface area contributed by atoms with E-state index in [1.165, 1.54) is 18.5 Å². The van der Waals surface area contributed by atoms with E-state index in [0.29, 0.717) is 39.8 Å². The van der Waals surface area contributed by atoms with Crippen LogP contribution in [0.3, 0.4) is 0 Å². The summed E-state index contributed by atoms with van der Waals surface area (Å²) >= 11 is 6.35. The van der Waals surface area contributed by atoms with Crippen molar-refractivity contribution in [3.8, 4) is 11.3 Å². The first-order valence-corrected chi connectivity index (χ1v) is 10.3.